The number of furan rings is 1. The normalized spacial score (nSPS) is 12.2. The van der Waals surface area contributed by atoms with Crippen molar-refractivity contribution in [3.63, 3.8) is 0 Å². The maximum Gasteiger partial charge on any atom is 0.248 e. The molecule has 1 heterocycles. The number of methoxy groups -OCH3 is 1. The molecule has 29 heavy (non-hydrogen) atoms. The number of amides is 1. The Hall–Kier alpha value is -3.10. The van der Waals surface area contributed by atoms with Gasteiger partial charge >= 0.3 is 0 Å². The molecule has 2 aromatic carbocycles. The molecule has 0 bridgehead atoms. The third-order valence-electron chi connectivity index (χ3n) is 4.70. The van der Waals surface area contributed by atoms with Gasteiger partial charge in [-0.1, -0.05) is 6.07 Å². The molecule has 0 atom stereocenters. The van der Waals surface area contributed by atoms with E-state index < -0.39 is 15.9 Å². The third kappa shape index (κ3) is 4.33. The van der Waals surface area contributed by atoms with E-state index in [0.29, 0.717) is 17.0 Å². The number of ether oxygens (including phenoxy) is 1. The van der Waals surface area contributed by atoms with Crippen molar-refractivity contribution < 1.29 is 22.4 Å². The Morgan fingerprint density at radius 3 is 2.59 bits per heavy atom. The second-order valence-corrected chi connectivity index (χ2v) is 8.28. The minimum atomic E-state index is -3.85. The lowest BCUT2D eigenvalue weighted by Gasteiger charge is -2.10. The smallest absolute Gasteiger partial charge is 0.248 e. The summed E-state index contributed by atoms with van der Waals surface area (Å²) in [7, 11) is -2.30. The van der Waals surface area contributed by atoms with Crippen molar-refractivity contribution in [1.29, 1.82) is 0 Å². The molecule has 0 radical (unpaired) electrons. The summed E-state index contributed by atoms with van der Waals surface area (Å²) in [6.45, 7) is 5.67. The van der Waals surface area contributed by atoms with Crippen LogP contribution in [0.1, 0.15) is 23.8 Å². The summed E-state index contributed by atoms with van der Waals surface area (Å²) in [5, 5.41) is 8.73. The fourth-order valence-corrected chi connectivity index (χ4v) is 3.61. The summed E-state index contributed by atoms with van der Waals surface area (Å²) in [6.07, 6.45) is 1.43. The van der Waals surface area contributed by atoms with E-state index in [1.165, 1.54) is 24.3 Å². The predicted molar refractivity (Wildman–Crippen MR) is 112 cm³/mol. The number of rotatable bonds is 5. The summed E-state index contributed by atoms with van der Waals surface area (Å²) in [6, 6.07) is 9.49. The number of fused-ring (bicyclic) bond motifs is 1. The zero-order valence-electron chi connectivity index (χ0n) is 16.6. The molecule has 152 valence electrons. The third-order valence-corrected chi connectivity index (χ3v) is 5.61. The van der Waals surface area contributed by atoms with Crippen LogP contribution < -0.4 is 15.2 Å². The van der Waals surface area contributed by atoms with Crippen molar-refractivity contribution in [2.75, 3.05) is 12.4 Å². The molecular weight excluding hydrogens is 392 g/mol. The van der Waals surface area contributed by atoms with Crippen LogP contribution in [0, 0.1) is 13.8 Å². The summed E-state index contributed by atoms with van der Waals surface area (Å²) in [4.78, 5) is 12.4. The minimum absolute atomic E-state index is 0.0751. The van der Waals surface area contributed by atoms with Crippen LogP contribution in [0.5, 0.6) is 5.75 Å². The average Bonchev–Trinajstić information content (AvgIpc) is 2.93. The van der Waals surface area contributed by atoms with Gasteiger partial charge in [-0.25, -0.2) is 13.6 Å². The van der Waals surface area contributed by atoms with Crippen LogP contribution in [-0.4, -0.2) is 21.4 Å². The highest BCUT2D eigenvalue weighted by Crippen LogP contribution is 2.34. The van der Waals surface area contributed by atoms with Crippen molar-refractivity contribution in [1.82, 2.24) is 0 Å². The second-order valence-electron chi connectivity index (χ2n) is 6.72. The molecule has 7 nitrogen and oxygen atoms in total. The van der Waals surface area contributed by atoms with Crippen LogP contribution in [0.3, 0.4) is 0 Å². The molecule has 0 aliphatic carbocycles. The van der Waals surface area contributed by atoms with Crippen molar-refractivity contribution in [3.05, 3.63) is 59.4 Å². The van der Waals surface area contributed by atoms with Gasteiger partial charge in [-0.3, -0.25) is 4.79 Å². The van der Waals surface area contributed by atoms with Gasteiger partial charge in [-0.2, -0.15) is 0 Å². The van der Waals surface area contributed by atoms with Gasteiger partial charge in [0.15, 0.2) is 0 Å². The summed E-state index contributed by atoms with van der Waals surface area (Å²) >= 11 is 0. The number of anilines is 1. The molecule has 0 unspecified atom stereocenters. The van der Waals surface area contributed by atoms with Crippen LogP contribution >= 0.6 is 0 Å². The van der Waals surface area contributed by atoms with E-state index in [1.54, 1.807) is 26.2 Å². The summed E-state index contributed by atoms with van der Waals surface area (Å²) in [5.41, 5.74) is 3.52. The van der Waals surface area contributed by atoms with Gasteiger partial charge in [0, 0.05) is 28.8 Å². The number of aryl methyl sites for hydroxylation is 2. The molecule has 1 amide bonds. The zero-order valence-corrected chi connectivity index (χ0v) is 17.4. The van der Waals surface area contributed by atoms with Gasteiger partial charge in [0.05, 0.1) is 12.0 Å². The number of benzene rings is 2. The molecule has 3 aromatic rings. The van der Waals surface area contributed by atoms with Crippen molar-refractivity contribution in [2.24, 2.45) is 5.14 Å². The monoisotopic (exact) mass is 414 g/mol. The Bertz CT molecular complexity index is 1240. The molecule has 0 saturated carbocycles. The summed E-state index contributed by atoms with van der Waals surface area (Å²) < 4.78 is 34.1. The molecule has 8 heteroatoms. The Kier molecular flexibility index (Phi) is 5.50. The first-order valence-corrected chi connectivity index (χ1v) is 10.3. The highest BCUT2D eigenvalue weighted by atomic mass is 32.2. The summed E-state index contributed by atoms with van der Waals surface area (Å²) in [5.74, 6) is 1.01. The maximum atomic E-state index is 12.5. The van der Waals surface area contributed by atoms with Gasteiger partial charge in [0.2, 0.25) is 15.9 Å². The first kappa shape index (κ1) is 20.6. The van der Waals surface area contributed by atoms with E-state index in [1.807, 2.05) is 19.9 Å². The molecule has 3 N–H and O–H groups in total. The topological polar surface area (TPSA) is 112 Å². The largest absolute Gasteiger partial charge is 0.496 e. The number of allylic oxidation sites excluding steroid dienone is 1. The van der Waals surface area contributed by atoms with E-state index in [0.717, 1.165) is 27.9 Å². The first-order valence-electron chi connectivity index (χ1n) is 8.80. The molecule has 3 rings (SSSR count). The fourth-order valence-electron chi connectivity index (χ4n) is 3.05. The van der Waals surface area contributed by atoms with Gasteiger partial charge in [0.1, 0.15) is 17.1 Å². The highest BCUT2D eigenvalue weighted by Gasteiger charge is 2.14. The number of sulfonamides is 1. The SMILES string of the molecule is COc1cc2oc(C)c(C)c2cc1/C(C)=C/C(=O)Nc1cccc(S(N)(=O)=O)c1. The highest BCUT2D eigenvalue weighted by molar-refractivity contribution is 7.89. The zero-order chi connectivity index (χ0) is 21.3. The number of nitrogens with one attached hydrogen (secondary N) is 1. The van der Waals surface area contributed by atoms with Gasteiger partial charge in [-0.15, -0.1) is 0 Å². The first-order chi connectivity index (χ1) is 13.6. The number of primary sulfonamides is 1. The molecule has 0 saturated heterocycles. The number of carbonyl (C=O) groups excluding carboxylic acids is 1. The van der Waals surface area contributed by atoms with Crippen molar-refractivity contribution >= 4 is 38.2 Å². The fraction of sp³-hybridized carbons (Fsp3) is 0.190. The van der Waals surface area contributed by atoms with Crippen LogP contribution in [0.4, 0.5) is 5.69 Å². The molecular formula is C21H22N2O5S. The van der Waals surface area contributed by atoms with Crippen molar-refractivity contribution in [3.8, 4) is 5.75 Å². The Morgan fingerprint density at radius 1 is 1.21 bits per heavy atom. The van der Waals surface area contributed by atoms with Gasteiger partial charge in [0.25, 0.3) is 0 Å². The maximum absolute atomic E-state index is 12.5. The predicted octanol–water partition coefficient (Wildman–Crippen LogP) is 3.75. The molecule has 0 fully saturated rings. The van der Waals surface area contributed by atoms with Crippen LogP contribution in [0.15, 0.2) is 51.8 Å². The van der Waals surface area contributed by atoms with E-state index in [-0.39, 0.29) is 4.90 Å². The van der Waals surface area contributed by atoms with Gasteiger partial charge in [-0.05, 0) is 56.2 Å². The number of carbonyl (C=O) groups is 1. The standard InChI is InChI=1S/C21H22N2O5S/c1-12(8-21(24)23-15-6-5-7-16(9-15)29(22,25)26)17-10-18-13(2)14(3)28-20(18)11-19(17)27-4/h5-11H,1-4H3,(H,23,24)(H2,22,25,26)/b12-8+. The average molecular weight is 414 g/mol. The molecule has 0 aliphatic rings. The lowest BCUT2D eigenvalue weighted by Crippen LogP contribution is -2.13. The van der Waals surface area contributed by atoms with E-state index >= 15 is 0 Å². The lowest BCUT2D eigenvalue weighted by molar-refractivity contribution is -0.111. The number of hydrogen-bond acceptors (Lipinski definition) is 5. The number of hydrogen-bond donors (Lipinski definition) is 2. The second kappa shape index (κ2) is 7.73. The minimum Gasteiger partial charge on any atom is -0.496 e. The lowest BCUT2D eigenvalue weighted by atomic mass is 10.0. The quantitative estimate of drug-likeness (QED) is 0.618. The van der Waals surface area contributed by atoms with Crippen LogP contribution in [0.2, 0.25) is 0 Å². The van der Waals surface area contributed by atoms with E-state index in [2.05, 4.69) is 5.32 Å². The number of nitrogens with two attached hydrogens (primary N) is 1. The molecule has 0 spiro atoms. The Morgan fingerprint density at radius 2 is 1.93 bits per heavy atom. The van der Waals surface area contributed by atoms with Gasteiger partial charge < -0.3 is 14.5 Å². The van der Waals surface area contributed by atoms with Crippen LogP contribution in [-0.2, 0) is 14.8 Å². The Labute approximate surface area is 169 Å². The van der Waals surface area contributed by atoms with Crippen molar-refractivity contribution in [2.45, 2.75) is 25.7 Å². The molecule has 1 aromatic heterocycles. The Balaban J connectivity index is 1.93. The van der Waals surface area contributed by atoms with E-state index in [4.69, 9.17) is 14.3 Å². The van der Waals surface area contributed by atoms with E-state index in [9.17, 15) is 13.2 Å². The van der Waals surface area contributed by atoms with Crippen LogP contribution in [0.25, 0.3) is 16.5 Å². The molecule has 0 aliphatic heterocycles.